The quantitative estimate of drug-likeness (QED) is 0.788. The van der Waals surface area contributed by atoms with Gasteiger partial charge >= 0.3 is 0 Å². The molecule has 1 aromatic heterocycles. The number of thiophene rings is 1. The maximum atomic E-state index is 9.33. The Bertz CT molecular complexity index is 559. The summed E-state index contributed by atoms with van der Waals surface area (Å²) < 4.78 is 6.60. The summed E-state index contributed by atoms with van der Waals surface area (Å²) in [6.45, 7) is 4.70. The Morgan fingerprint density at radius 2 is 2.10 bits per heavy atom. The molecule has 20 heavy (non-hydrogen) atoms. The average molecular weight is 292 g/mol. The van der Waals surface area contributed by atoms with Crippen LogP contribution in [0.5, 0.6) is 5.75 Å². The molecular weight excluding hydrogens is 268 g/mol. The minimum atomic E-state index is 0.269. The Morgan fingerprint density at radius 3 is 2.75 bits per heavy atom. The monoisotopic (exact) mass is 292 g/mol. The predicted molar refractivity (Wildman–Crippen MR) is 87.1 cm³/mol. The molecule has 2 aromatic rings. The second-order valence-electron chi connectivity index (χ2n) is 5.30. The number of ether oxygens (including phenoxy) is 1. The van der Waals surface area contributed by atoms with Crippen molar-refractivity contribution in [3.63, 3.8) is 0 Å². The number of methoxy groups -OCH3 is 1. The summed E-state index contributed by atoms with van der Waals surface area (Å²) in [6.07, 6.45) is 4.47. The first-order chi connectivity index (χ1) is 9.71. The zero-order valence-electron chi connectivity index (χ0n) is 12.6. The van der Waals surface area contributed by atoms with Gasteiger partial charge in [0.1, 0.15) is 5.75 Å². The van der Waals surface area contributed by atoms with Crippen LogP contribution in [0, 0.1) is 6.92 Å². The molecule has 0 fully saturated rings. The normalized spacial score (nSPS) is 12.8. The molecule has 0 spiro atoms. The first kappa shape index (κ1) is 15.3. The Morgan fingerprint density at radius 1 is 1.30 bits per heavy atom. The molecule has 0 aliphatic rings. The van der Waals surface area contributed by atoms with Gasteiger partial charge in [-0.15, -0.1) is 11.3 Å². The van der Waals surface area contributed by atoms with E-state index in [0.717, 1.165) is 12.2 Å². The van der Waals surface area contributed by atoms with E-state index in [1.165, 1.54) is 39.8 Å². The minimum Gasteiger partial charge on any atom is -0.497 e. The van der Waals surface area contributed by atoms with Gasteiger partial charge in [-0.1, -0.05) is 19.8 Å². The molecule has 0 unspecified atom stereocenters. The largest absolute Gasteiger partial charge is 0.497 e. The predicted octanol–water partition coefficient (Wildman–Crippen LogP) is 4.87. The lowest BCUT2D eigenvalue weighted by Gasteiger charge is -2.14. The van der Waals surface area contributed by atoms with E-state index in [2.05, 4.69) is 26.0 Å². The number of aliphatic hydroxyl groups is 1. The van der Waals surface area contributed by atoms with Crippen LogP contribution in [0.25, 0.3) is 10.1 Å². The molecule has 0 aliphatic carbocycles. The number of hydrogen-bond donors (Lipinski definition) is 1. The number of hydrogen-bond acceptors (Lipinski definition) is 3. The van der Waals surface area contributed by atoms with Gasteiger partial charge in [0.05, 0.1) is 7.11 Å². The number of unbranched alkanes of at least 4 members (excludes halogenated alkanes) is 1. The topological polar surface area (TPSA) is 29.5 Å². The molecule has 110 valence electrons. The fraction of sp³-hybridized carbons (Fsp3) is 0.529. The number of aryl methyl sites for hydroxylation is 1. The second kappa shape index (κ2) is 7.09. The van der Waals surface area contributed by atoms with Gasteiger partial charge in [0, 0.05) is 16.2 Å². The van der Waals surface area contributed by atoms with Gasteiger partial charge in [-0.3, -0.25) is 0 Å². The number of rotatable bonds is 7. The van der Waals surface area contributed by atoms with E-state index in [4.69, 9.17) is 4.74 Å². The first-order valence-corrected chi connectivity index (χ1v) is 8.20. The van der Waals surface area contributed by atoms with Crippen molar-refractivity contribution in [3.05, 3.63) is 28.6 Å². The highest BCUT2D eigenvalue weighted by atomic mass is 32.1. The molecule has 0 saturated carbocycles. The third-order valence-electron chi connectivity index (χ3n) is 3.94. The van der Waals surface area contributed by atoms with Gasteiger partial charge in [-0.25, -0.2) is 0 Å². The van der Waals surface area contributed by atoms with Crippen molar-refractivity contribution in [1.29, 1.82) is 0 Å². The molecule has 1 atom stereocenters. The van der Waals surface area contributed by atoms with Gasteiger partial charge in [-0.2, -0.15) is 0 Å². The van der Waals surface area contributed by atoms with Crippen LogP contribution in [0.4, 0.5) is 0 Å². The Kier molecular flexibility index (Phi) is 5.44. The van der Waals surface area contributed by atoms with Crippen LogP contribution in [0.3, 0.4) is 0 Å². The van der Waals surface area contributed by atoms with Crippen LogP contribution in [0.2, 0.25) is 0 Å². The fourth-order valence-corrected chi connectivity index (χ4v) is 4.16. The summed E-state index contributed by atoms with van der Waals surface area (Å²) in [5, 5.41) is 10.7. The van der Waals surface area contributed by atoms with Crippen molar-refractivity contribution in [3.8, 4) is 5.75 Å². The summed E-state index contributed by atoms with van der Waals surface area (Å²) in [5.41, 5.74) is 1.38. The lowest BCUT2D eigenvalue weighted by atomic mass is 9.94. The highest BCUT2D eigenvalue weighted by Gasteiger charge is 2.18. The summed E-state index contributed by atoms with van der Waals surface area (Å²) in [7, 11) is 1.71. The van der Waals surface area contributed by atoms with Gasteiger partial charge in [0.25, 0.3) is 0 Å². The molecule has 2 nitrogen and oxygen atoms in total. The smallest absolute Gasteiger partial charge is 0.120 e. The molecular formula is C17H24O2S. The van der Waals surface area contributed by atoms with E-state index < -0.39 is 0 Å². The lowest BCUT2D eigenvalue weighted by Crippen LogP contribution is -2.01. The van der Waals surface area contributed by atoms with Crippen molar-refractivity contribution in [2.75, 3.05) is 13.7 Å². The summed E-state index contributed by atoms with van der Waals surface area (Å²) >= 11 is 1.86. The third kappa shape index (κ3) is 3.15. The van der Waals surface area contributed by atoms with E-state index >= 15 is 0 Å². The summed E-state index contributed by atoms with van der Waals surface area (Å²) in [6, 6.07) is 6.30. The fourth-order valence-electron chi connectivity index (χ4n) is 2.75. The molecule has 1 heterocycles. The second-order valence-corrected chi connectivity index (χ2v) is 6.39. The maximum Gasteiger partial charge on any atom is 0.120 e. The SMILES string of the molecule is CCCC[C@H](CCO)c1sc2cc(OC)ccc2c1C. The van der Waals surface area contributed by atoms with E-state index in [1.807, 2.05) is 17.4 Å². The zero-order chi connectivity index (χ0) is 14.5. The molecule has 1 N–H and O–H groups in total. The van der Waals surface area contributed by atoms with Crippen LogP contribution in [0.15, 0.2) is 18.2 Å². The highest BCUT2D eigenvalue weighted by Crippen LogP contribution is 2.40. The van der Waals surface area contributed by atoms with Crippen molar-refractivity contribution >= 4 is 21.4 Å². The van der Waals surface area contributed by atoms with Crippen LogP contribution < -0.4 is 4.74 Å². The number of benzene rings is 1. The van der Waals surface area contributed by atoms with E-state index in [1.54, 1.807) is 7.11 Å². The van der Waals surface area contributed by atoms with E-state index in [-0.39, 0.29) is 6.61 Å². The Balaban J connectivity index is 2.38. The lowest BCUT2D eigenvalue weighted by molar-refractivity contribution is 0.272. The molecule has 3 heteroatoms. The molecule has 0 saturated heterocycles. The maximum absolute atomic E-state index is 9.33. The van der Waals surface area contributed by atoms with Gasteiger partial charge < -0.3 is 9.84 Å². The first-order valence-electron chi connectivity index (χ1n) is 7.39. The van der Waals surface area contributed by atoms with Crippen LogP contribution in [0.1, 0.15) is 49.0 Å². The van der Waals surface area contributed by atoms with Gasteiger partial charge in [-0.05, 0) is 54.8 Å². The van der Waals surface area contributed by atoms with Crippen molar-refractivity contribution in [1.82, 2.24) is 0 Å². The van der Waals surface area contributed by atoms with Crippen molar-refractivity contribution in [2.45, 2.75) is 45.4 Å². The standard InChI is InChI=1S/C17H24O2S/c1-4-5-6-13(9-10-18)17-12(2)15-8-7-14(19-3)11-16(15)20-17/h7-8,11,13,18H,4-6,9-10H2,1-3H3/t13-/m1/s1. The third-order valence-corrected chi connectivity index (χ3v) is 5.35. The Labute approximate surface area is 125 Å². The van der Waals surface area contributed by atoms with E-state index in [9.17, 15) is 5.11 Å². The van der Waals surface area contributed by atoms with E-state index in [0.29, 0.717) is 5.92 Å². The number of aliphatic hydroxyl groups excluding tert-OH is 1. The van der Waals surface area contributed by atoms with Gasteiger partial charge in [0.15, 0.2) is 0 Å². The number of fused-ring (bicyclic) bond motifs is 1. The summed E-state index contributed by atoms with van der Waals surface area (Å²) in [4.78, 5) is 1.44. The van der Waals surface area contributed by atoms with Crippen molar-refractivity contribution in [2.24, 2.45) is 0 Å². The molecule has 1 aromatic carbocycles. The van der Waals surface area contributed by atoms with Gasteiger partial charge in [0.2, 0.25) is 0 Å². The zero-order valence-corrected chi connectivity index (χ0v) is 13.4. The summed E-state index contributed by atoms with van der Waals surface area (Å²) in [5.74, 6) is 1.40. The van der Waals surface area contributed by atoms with Crippen LogP contribution >= 0.6 is 11.3 Å². The molecule has 0 bridgehead atoms. The minimum absolute atomic E-state index is 0.269. The van der Waals surface area contributed by atoms with Crippen LogP contribution in [-0.4, -0.2) is 18.8 Å². The molecule has 0 radical (unpaired) electrons. The van der Waals surface area contributed by atoms with Crippen LogP contribution in [-0.2, 0) is 0 Å². The highest BCUT2D eigenvalue weighted by molar-refractivity contribution is 7.19. The van der Waals surface area contributed by atoms with Crippen molar-refractivity contribution < 1.29 is 9.84 Å². The Hall–Kier alpha value is -1.06. The molecule has 0 amide bonds. The molecule has 2 rings (SSSR count). The molecule has 0 aliphatic heterocycles. The average Bonchev–Trinajstić information content (AvgIpc) is 2.80.